The lowest BCUT2D eigenvalue weighted by Gasteiger charge is -2.09. The number of methoxy groups -OCH3 is 1. The predicted molar refractivity (Wildman–Crippen MR) is 66.6 cm³/mol. The quantitative estimate of drug-likeness (QED) is 0.533. The van der Waals surface area contributed by atoms with Crippen molar-refractivity contribution >= 4 is 24.7 Å². The van der Waals surface area contributed by atoms with Crippen LogP contribution in [0.25, 0.3) is 0 Å². The molecule has 0 aliphatic carbocycles. The molecule has 17 heavy (non-hydrogen) atoms. The maximum atomic E-state index is 11.2. The minimum absolute atomic E-state index is 0.280. The molecular weight excluding hydrogens is 240 g/mol. The van der Waals surface area contributed by atoms with Crippen LogP contribution in [-0.4, -0.2) is 25.0 Å². The summed E-state index contributed by atoms with van der Waals surface area (Å²) in [4.78, 5) is 22.3. The number of esters is 1. The third-order valence-electron chi connectivity index (χ3n) is 2.28. The number of carbonyl (C=O) groups is 2. The molecule has 0 fully saturated rings. The molecular formula is C11H14N2O3S. The summed E-state index contributed by atoms with van der Waals surface area (Å²) in [6, 6.07) is 6.07. The van der Waals surface area contributed by atoms with E-state index < -0.39 is 12.0 Å². The van der Waals surface area contributed by atoms with E-state index >= 15 is 0 Å². The predicted octanol–water partition coefficient (Wildman–Crippen LogP) is 0.304. The number of thiol groups is 1. The minimum Gasteiger partial charge on any atom is -0.468 e. The third-order valence-corrected chi connectivity index (χ3v) is 2.48. The number of nitrogens with two attached hydrogens (primary N) is 1. The van der Waals surface area contributed by atoms with Crippen molar-refractivity contribution in [3.8, 4) is 0 Å². The van der Waals surface area contributed by atoms with Gasteiger partial charge in [-0.15, -0.1) is 0 Å². The summed E-state index contributed by atoms with van der Waals surface area (Å²) < 4.78 is 6.75. The summed E-state index contributed by atoms with van der Waals surface area (Å²) >= 11 is 3.67. The summed E-state index contributed by atoms with van der Waals surface area (Å²) in [5, 5.41) is 0. The average molecular weight is 254 g/mol. The number of benzene rings is 1. The van der Waals surface area contributed by atoms with Gasteiger partial charge in [0, 0.05) is 5.56 Å². The Morgan fingerprint density at radius 2 is 2.00 bits per heavy atom. The van der Waals surface area contributed by atoms with Crippen LogP contribution in [0.5, 0.6) is 0 Å². The van der Waals surface area contributed by atoms with Crippen molar-refractivity contribution < 1.29 is 14.3 Å². The second kappa shape index (κ2) is 6.27. The third kappa shape index (κ3) is 3.76. The van der Waals surface area contributed by atoms with Crippen molar-refractivity contribution in [1.82, 2.24) is 4.72 Å². The number of amides is 1. The van der Waals surface area contributed by atoms with E-state index in [0.717, 1.165) is 5.56 Å². The first kappa shape index (κ1) is 13.5. The molecule has 0 saturated heterocycles. The maximum Gasteiger partial charge on any atom is 0.322 e. The van der Waals surface area contributed by atoms with Gasteiger partial charge in [0.05, 0.1) is 7.11 Å². The second-order valence-corrected chi connectivity index (χ2v) is 3.70. The van der Waals surface area contributed by atoms with Gasteiger partial charge in [-0.1, -0.05) is 24.9 Å². The molecule has 3 N–H and O–H groups in total. The molecule has 0 saturated carbocycles. The maximum absolute atomic E-state index is 11.2. The van der Waals surface area contributed by atoms with Gasteiger partial charge >= 0.3 is 5.97 Å². The zero-order valence-electron chi connectivity index (χ0n) is 9.34. The number of hydrogen-bond donors (Lipinski definition) is 3. The highest BCUT2D eigenvalue weighted by molar-refractivity contribution is 7.78. The second-order valence-electron chi connectivity index (χ2n) is 3.47. The Morgan fingerprint density at radius 3 is 2.47 bits per heavy atom. The molecule has 1 unspecified atom stereocenters. The van der Waals surface area contributed by atoms with Gasteiger partial charge < -0.3 is 10.5 Å². The van der Waals surface area contributed by atoms with Crippen molar-refractivity contribution in [2.24, 2.45) is 5.73 Å². The lowest BCUT2D eigenvalue weighted by Crippen LogP contribution is -2.33. The molecule has 5 nitrogen and oxygen atoms in total. The standard InChI is InChI=1S/C11H14N2O3S/c1-16-11(15)9(12)6-7-2-4-8(5-3-7)10(14)13-17/h2-5,9,17H,6,12H2,1H3,(H,13,14). The number of ether oxygens (including phenoxy) is 1. The zero-order valence-corrected chi connectivity index (χ0v) is 10.2. The fourth-order valence-electron chi connectivity index (χ4n) is 1.35. The van der Waals surface area contributed by atoms with Crippen LogP contribution in [0.15, 0.2) is 24.3 Å². The normalized spacial score (nSPS) is 11.7. The van der Waals surface area contributed by atoms with Crippen LogP contribution in [0.3, 0.4) is 0 Å². The molecule has 92 valence electrons. The van der Waals surface area contributed by atoms with Gasteiger partial charge in [-0.2, -0.15) is 0 Å². The molecule has 1 rings (SSSR count). The van der Waals surface area contributed by atoms with Crippen LogP contribution in [0.2, 0.25) is 0 Å². The number of carbonyl (C=O) groups excluding carboxylic acids is 2. The van der Waals surface area contributed by atoms with Gasteiger partial charge in [-0.3, -0.25) is 14.3 Å². The summed E-state index contributed by atoms with van der Waals surface area (Å²) in [6.07, 6.45) is 0.370. The molecule has 1 aromatic rings. The molecule has 0 aromatic heterocycles. The highest BCUT2D eigenvalue weighted by Gasteiger charge is 2.14. The van der Waals surface area contributed by atoms with Crippen LogP contribution in [-0.2, 0) is 16.0 Å². The van der Waals surface area contributed by atoms with Crippen LogP contribution in [0.4, 0.5) is 0 Å². The van der Waals surface area contributed by atoms with Gasteiger partial charge in [0.2, 0.25) is 0 Å². The lowest BCUT2D eigenvalue weighted by molar-refractivity contribution is -0.142. The fourth-order valence-corrected chi connectivity index (χ4v) is 1.47. The fraction of sp³-hybridized carbons (Fsp3) is 0.273. The van der Waals surface area contributed by atoms with Crippen molar-refractivity contribution in [3.63, 3.8) is 0 Å². The molecule has 0 aliphatic rings. The summed E-state index contributed by atoms with van der Waals surface area (Å²) in [6.45, 7) is 0. The van der Waals surface area contributed by atoms with Gasteiger partial charge in [0.25, 0.3) is 5.91 Å². The molecule has 1 aromatic carbocycles. The first-order valence-corrected chi connectivity index (χ1v) is 5.40. The van der Waals surface area contributed by atoms with E-state index in [1.165, 1.54) is 7.11 Å². The Hall–Kier alpha value is -1.53. The zero-order chi connectivity index (χ0) is 12.8. The Labute approximate surface area is 105 Å². The summed E-state index contributed by atoms with van der Waals surface area (Å²) in [5.74, 6) is -0.737. The smallest absolute Gasteiger partial charge is 0.322 e. The van der Waals surface area contributed by atoms with Crippen LogP contribution < -0.4 is 10.5 Å². The number of rotatable bonds is 4. The van der Waals surface area contributed by atoms with E-state index in [1.807, 2.05) is 0 Å². The van der Waals surface area contributed by atoms with E-state index in [4.69, 9.17) is 5.73 Å². The van der Waals surface area contributed by atoms with E-state index in [9.17, 15) is 9.59 Å². The monoisotopic (exact) mass is 254 g/mol. The SMILES string of the molecule is COC(=O)C(N)Cc1ccc(C(=O)NS)cc1. The first-order chi connectivity index (χ1) is 8.08. The first-order valence-electron chi connectivity index (χ1n) is 4.95. The van der Waals surface area contributed by atoms with Gasteiger partial charge in [-0.05, 0) is 24.1 Å². The molecule has 0 radical (unpaired) electrons. The molecule has 6 heteroatoms. The topological polar surface area (TPSA) is 81.4 Å². The molecule has 0 bridgehead atoms. The van der Waals surface area contributed by atoms with Crippen LogP contribution >= 0.6 is 12.8 Å². The summed E-state index contributed by atoms with van der Waals surface area (Å²) in [7, 11) is 1.29. The van der Waals surface area contributed by atoms with E-state index in [-0.39, 0.29) is 5.91 Å². The van der Waals surface area contributed by atoms with Gasteiger partial charge in [0.15, 0.2) is 0 Å². The average Bonchev–Trinajstić information content (AvgIpc) is 2.37. The number of hydrogen-bond acceptors (Lipinski definition) is 5. The highest BCUT2D eigenvalue weighted by Crippen LogP contribution is 2.07. The Morgan fingerprint density at radius 1 is 1.41 bits per heavy atom. The molecule has 0 aliphatic heterocycles. The molecule has 1 amide bonds. The van der Waals surface area contributed by atoms with Crippen LogP contribution in [0.1, 0.15) is 15.9 Å². The molecule has 0 spiro atoms. The van der Waals surface area contributed by atoms with E-state index in [2.05, 4.69) is 22.3 Å². The van der Waals surface area contributed by atoms with Crippen molar-refractivity contribution in [2.45, 2.75) is 12.5 Å². The lowest BCUT2D eigenvalue weighted by atomic mass is 10.0. The van der Waals surface area contributed by atoms with E-state index in [1.54, 1.807) is 24.3 Å². The van der Waals surface area contributed by atoms with Crippen molar-refractivity contribution in [3.05, 3.63) is 35.4 Å². The van der Waals surface area contributed by atoms with E-state index in [0.29, 0.717) is 12.0 Å². The van der Waals surface area contributed by atoms with Gasteiger partial charge in [0.1, 0.15) is 6.04 Å². The largest absolute Gasteiger partial charge is 0.468 e. The van der Waals surface area contributed by atoms with Gasteiger partial charge in [-0.25, -0.2) is 0 Å². The van der Waals surface area contributed by atoms with Crippen molar-refractivity contribution in [2.75, 3.05) is 7.11 Å². The van der Waals surface area contributed by atoms with Crippen molar-refractivity contribution in [1.29, 1.82) is 0 Å². The van der Waals surface area contributed by atoms with Crippen LogP contribution in [0, 0.1) is 0 Å². The molecule has 0 heterocycles. The highest BCUT2D eigenvalue weighted by atomic mass is 32.1. The molecule has 1 atom stereocenters. The Kier molecular flexibility index (Phi) is 4.99. The Bertz CT molecular complexity index is 406. The number of nitrogens with one attached hydrogen (secondary N) is 1. The summed E-state index contributed by atoms with van der Waals surface area (Å²) in [5.41, 5.74) is 6.97. The minimum atomic E-state index is -0.690. The Balaban J connectivity index is 2.68.